The van der Waals surface area contributed by atoms with E-state index in [-0.39, 0.29) is 0 Å². The third-order valence-electron chi connectivity index (χ3n) is 2.01. The molecule has 1 heterocycles. The molecule has 0 saturated carbocycles. The van der Waals surface area contributed by atoms with Gasteiger partial charge >= 0.3 is 0 Å². The maximum Gasteiger partial charge on any atom is 0.238 e. The first kappa shape index (κ1) is 10.9. The number of hydrogen-bond donors (Lipinski definition) is 1. The maximum absolute atomic E-state index is 6.00. The van der Waals surface area contributed by atoms with Crippen LogP contribution in [0.3, 0.4) is 0 Å². The average Bonchev–Trinajstić information content (AvgIpc) is 2.31. The molecule has 0 amide bonds. The summed E-state index contributed by atoms with van der Waals surface area (Å²) in [6.07, 6.45) is 1.58. The van der Waals surface area contributed by atoms with Crippen LogP contribution in [0.4, 0.5) is 0 Å². The lowest BCUT2D eigenvalue weighted by Gasteiger charge is -2.06. The molecule has 0 aliphatic rings. The Morgan fingerprint density at radius 1 is 1.31 bits per heavy atom. The van der Waals surface area contributed by atoms with Crippen molar-refractivity contribution in [3.05, 3.63) is 47.1 Å². The van der Waals surface area contributed by atoms with Gasteiger partial charge in [-0.3, -0.25) is 0 Å². The van der Waals surface area contributed by atoms with Gasteiger partial charge in [0.05, 0.1) is 0 Å². The van der Waals surface area contributed by atoms with Gasteiger partial charge in [0.15, 0.2) is 0 Å². The summed E-state index contributed by atoms with van der Waals surface area (Å²) in [7, 11) is 0. The average molecular weight is 236 g/mol. The van der Waals surface area contributed by atoms with Gasteiger partial charge in [0.2, 0.25) is 5.88 Å². The minimum absolute atomic E-state index is 0.407. The summed E-state index contributed by atoms with van der Waals surface area (Å²) < 4.78 is 5.46. The van der Waals surface area contributed by atoms with Crippen LogP contribution >= 0.6 is 11.6 Å². The molecule has 0 bridgehead atoms. The number of hydrogen-bond acceptors (Lipinski definition) is 4. The summed E-state index contributed by atoms with van der Waals surface area (Å²) in [5, 5.41) is 8.10. The van der Waals surface area contributed by atoms with Gasteiger partial charge in [-0.15, -0.1) is 5.10 Å². The summed E-state index contributed by atoms with van der Waals surface area (Å²) in [5.41, 5.74) is 6.39. The van der Waals surface area contributed by atoms with Crippen LogP contribution in [0, 0.1) is 0 Å². The molecule has 0 atom stereocenters. The standard InChI is InChI=1S/C11H10ClN3O/c12-10-6-9(4-3-8(10)7-13)16-11-2-1-5-14-15-11/h1-6H,7,13H2. The lowest BCUT2D eigenvalue weighted by molar-refractivity contribution is 0.455. The Morgan fingerprint density at radius 2 is 2.19 bits per heavy atom. The van der Waals surface area contributed by atoms with Crippen LogP contribution < -0.4 is 10.5 Å². The van der Waals surface area contributed by atoms with E-state index >= 15 is 0 Å². The van der Waals surface area contributed by atoms with E-state index in [2.05, 4.69) is 10.2 Å². The fraction of sp³-hybridized carbons (Fsp3) is 0.0909. The number of nitrogens with zero attached hydrogens (tertiary/aromatic N) is 2. The second kappa shape index (κ2) is 4.92. The molecule has 0 unspecified atom stereocenters. The third-order valence-corrected chi connectivity index (χ3v) is 2.37. The van der Waals surface area contributed by atoms with Crippen LogP contribution in [0.1, 0.15) is 5.56 Å². The molecule has 4 nitrogen and oxygen atoms in total. The van der Waals surface area contributed by atoms with E-state index in [1.807, 2.05) is 6.07 Å². The number of halogens is 1. The zero-order chi connectivity index (χ0) is 11.4. The van der Waals surface area contributed by atoms with Gasteiger partial charge in [-0.2, -0.15) is 5.10 Å². The molecule has 0 spiro atoms. The first-order valence-electron chi connectivity index (χ1n) is 4.73. The highest BCUT2D eigenvalue weighted by molar-refractivity contribution is 6.31. The van der Waals surface area contributed by atoms with E-state index in [4.69, 9.17) is 22.1 Å². The van der Waals surface area contributed by atoms with Crippen LogP contribution in [0.5, 0.6) is 11.6 Å². The van der Waals surface area contributed by atoms with Gasteiger partial charge < -0.3 is 10.5 Å². The van der Waals surface area contributed by atoms with E-state index in [0.29, 0.717) is 23.2 Å². The molecule has 0 radical (unpaired) electrons. The second-order valence-electron chi connectivity index (χ2n) is 3.12. The normalized spacial score (nSPS) is 10.1. The van der Waals surface area contributed by atoms with Crippen molar-refractivity contribution in [1.82, 2.24) is 10.2 Å². The van der Waals surface area contributed by atoms with Gasteiger partial charge in [-0.05, 0) is 23.8 Å². The van der Waals surface area contributed by atoms with Crippen LogP contribution in [-0.2, 0) is 6.54 Å². The van der Waals surface area contributed by atoms with Crippen molar-refractivity contribution >= 4 is 11.6 Å². The van der Waals surface area contributed by atoms with Gasteiger partial charge in [0, 0.05) is 23.8 Å². The number of aromatic nitrogens is 2. The Morgan fingerprint density at radius 3 is 2.81 bits per heavy atom. The van der Waals surface area contributed by atoms with E-state index in [0.717, 1.165) is 5.56 Å². The highest BCUT2D eigenvalue weighted by Crippen LogP contribution is 2.25. The minimum Gasteiger partial charge on any atom is -0.437 e. The molecule has 2 rings (SSSR count). The van der Waals surface area contributed by atoms with E-state index in [9.17, 15) is 0 Å². The molecule has 2 N–H and O–H groups in total. The van der Waals surface area contributed by atoms with Crippen LogP contribution in [0.25, 0.3) is 0 Å². The zero-order valence-electron chi connectivity index (χ0n) is 8.43. The van der Waals surface area contributed by atoms with Crippen LogP contribution in [-0.4, -0.2) is 10.2 Å². The van der Waals surface area contributed by atoms with Gasteiger partial charge in [0.25, 0.3) is 0 Å². The SMILES string of the molecule is NCc1ccc(Oc2cccnn2)cc1Cl. The number of ether oxygens (including phenoxy) is 1. The van der Waals surface area contributed by atoms with Gasteiger partial charge in [-0.25, -0.2) is 0 Å². The predicted molar refractivity (Wildman–Crippen MR) is 61.4 cm³/mol. The smallest absolute Gasteiger partial charge is 0.238 e. The van der Waals surface area contributed by atoms with Crippen molar-refractivity contribution in [3.8, 4) is 11.6 Å². The maximum atomic E-state index is 6.00. The van der Waals surface area contributed by atoms with Gasteiger partial charge in [0.1, 0.15) is 5.75 Å². The topological polar surface area (TPSA) is 61.0 Å². The molecular weight excluding hydrogens is 226 g/mol. The van der Waals surface area contributed by atoms with Crippen molar-refractivity contribution < 1.29 is 4.74 Å². The molecule has 0 fully saturated rings. The van der Waals surface area contributed by atoms with Crippen molar-refractivity contribution in [2.45, 2.75) is 6.54 Å². The zero-order valence-corrected chi connectivity index (χ0v) is 9.19. The minimum atomic E-state index is 0.407. The van der Waals surface area contributed by atoms with Crippen LogP contribution in [0.2, 0.25) is 5.02 Å². The monoisotopic (exact) mass is 235 g/mol. The predicted octanol–water partition coefficient (Wildman–Crippen LogP) is 2.38. The van der Waals surface area contributed by atoms with E-state index in [1.54, 1.807) is 30.5 Å². The van der Waals surface area contributed by atoms with Crippen LogP contribution in [0.15, 0.2) is 36.5 Å². The van der Waals surface area contributed by atoms with Crippen molar-refractivity contribution in [2.75, 3.05) is 0 Å². The Labute approximate surface area is 98.0 Å². The summed E-state index contributed by atoms with van der Waals surface area (Å²) in [5.74, 6) is 1.04. The van der Waals surface area contributed by atoms with Crippen molar-refractivity contribution in [1.29, 1.82) is 0 Å². The molecule has 5 heteroatoms. The molecule has 0 saturated heterocycles. The Bertz CT molecular complexity index is 476. The Kier molecular flexibility index (Phi) is 3.34. The quantitative estimate of drug-likeness (QED) is 0.887. The second-order valence-corrected chi connectivity index (χ2v) is 3.53. The lowest BCUT2D eigenvalue weighted by atomic mass is 10.2. The molecule has 82 valence electrons. The number of rotatable bonds is 3. The first-order chi connectivity index (χ1) is 7.79. The summed E-state index contributed by atoms with van der Waals surface area (Å²) in [4.78, 5) is 0. The summed E-state index contributed by atoms with van der Waals surface area (Å²) in [6, 6.07) is 8.80. The molecule has 1 aromatic heterocycles. The number of nitrogens with two attached hydrogens (primary N) is 1. The molecule has 0 aliphatic carbocycles. The van der Waals surface area contributed by atoms with E-state index in [1.165, 1.54) is 0 Å². The molecule has 2 aromatic rings. The summed E-state index contributed by atoms with van der Waals surface area (Å²) in [6.45, 7) is 0.407. The molecule has 16 heavy (non-hydrogen) atoms. The molecular formula is C11H10ClN3O. The van der Waals surface area contributed by atoms with Crippen molar-refractivity contribution in [2.24, 2.45) is 5.73 Å². The van der Waals surface area contributed by atoms with Crippen molar-refractivity contribution in [3.63, 3.8) is 0 Å². The highest BCUT2D eigenvalue weighted by atomic mass is 35.5. The summed E-state index contributed by atoms with van der Waals surface area (Å²) >= 11 is 6.00. The molecule has 0 aliphatic heterocycles. The number of benzene rings is 1. The first-order valence-corrected chi connectivity index (χ1v) is 5.11. The lowest BCUT2D eigenvalue weighted by Crippen LogP contribution is -1.97. The van der Waals surface area contributed by atoms with Gasteiger partial charge in [-0.1, -0.05) is 17.7 Å². The molecule has 1 aromatic carbocycles. The Hall–Kier alpha value is -1.65. The highest BCUT2D eigenvalue weighted by Gasteiger charge is 2.02. The largest absolute Gasteiger partial charge is 0.437 e. The third kappa shape index (κ3) is 2.48. The Balaban J connectivity index is 2.20. The fourth-order valence-corrected chi connectivity index (χ4v) is 1.47. The fourth-order valence-electron chi connectivity index (χ4n) is 1.22. The van der Waals surface area contributed by atoms with E-state index < -0.39 is 0 Å².